The highest BCUT2D eigenvalue weighted by atomic mass is 16.5. The molecular formula is C13H15NO2. The van der Waals surface area contributed by atoms with Gasteiger partial charge in [-0.15, -0.1) is 0 Å². The Bertz CT molecular complexity index is 410. The molecule has 1 saturated heterocycles. The summed E-state index contributed by atoms with van der Waals surface area (Å²) in [7, 11) is 0. The van der Waals surface area contributed by atoms with E-state index in [1.54, 1.807) is 0 Å². The fraction of sp³-hybridized carbons (Fsp3) is 0.462. The summed E-state index contributed by atoms with van der Waals surface area (Å²) >= 11 is 0. The Balaban J connectivity index is 1.99. The Labute approximate surface area is 95.0 Å². The van der Waals surface area contributed by atoms with Crippen LogP contribution in [-0.4, -0.2) is 18.7 Å². The average molecular weight is 217 g/mol. The van der Waals surface area contributed by atoms with E-state index >= 15 is 0 Å². The van der Waals surface area contributed by atoms with Crippen molar-refractivity contribution in [2.24, 2.45) is 0 Å². The van der Waals surface area contributed by atoms with Gasteiger partial charge in [-0.3, -0.25) is 9.69 Å². The SMILES string of the molecule is O=C1CCc2ccccc2N1C1CCCO1. The number of para-hydroxylation sites is 1. The summed E-state index contributed by atoms with van der Waals surface area (Å²) < 4.78 is 5.62. The molecule has 0 spiro atoms. The minimum atomic E-state index is -0.0334. The first-order valence-corrected chi connectivity index (χ1v) is 5.88. The van der Waals surface area contributed by atoms with E-state index in [9.17, 15) is 4.79 Å². The van der Waals surface area contributed by atoms with E-state index in [4.69, 9.17) is 4.74 Å². The van der Waals surface area contributed by atoms with Crippen LogP contribution in [0, 0.1) is 0 Å². The van der Waals surface area contributed by atoms with E-state index in [1.165, 1.54) is 5.56 Å². The summed E-state index contributed by atoms with van der Waals surface area (Å²) in [5, 5.41) is 0. The third-order valence-corrected chi connectivity index (χ3v) is 3.32. The minimum absolute atomic E-state index is 0.0334. The molecule has 84 valence electrons. The number of benzene rings is 1. The molecule has 0 saturated carbocycles. The number of amides is 1. The van der Waals surface area contributed by atoms with Crippen LogP contribution in [0.5, 0.6) is 0 Å². The van der Waals surface area contributed by atoms with E-state index in [2.05, 4.69) is 6.07 Å². The maximum absolute atomic E-state index is 12.0. The molecule has 3 heteroatoms. The highest BCUT2D eigenvalue weighted by Gasteiger charge is 2.32. The maximum atomic E-state index is 12.0. The van der Waals surface area contributed by atoms with Gasteiger partial charge in [0.15, 0.2) is 0 Å². The Morgan fingerprint density at radius 3 is 2.94 bits per heavy atom. The molecule has 2 heterocycles. The van der Waals surface area contributed by atoms with Crippen LogP contribution >= 0.6 is 0 Å². The second-order valence-electron chi connectivity index (χ2n) is 4.36. The topological polar surface area (TPSA) is 29.5 Å². The van der Waals surface area contributed by atoms with E-state index in [-0.39, 0.29) is 12.1 Å². The summed E-state index contributed by atoms with van der Waals surface area (Å²) in [6.45, 7) is 0.774. The Kier molecular flexibility index (Phi) is 2.40. The van der Waals surface area contributed by atoms with Crippen LogP contribution in [0.15, 0.2) is 24.3 Å². The van der Waals surface area contributed by atoms with Gasteiger partial charge in [-0.05, 0) is 30.9 Å². The standard InChI is InChI=1S/C13H15NO2/c15-12-8-7-10-4-1-2-5-11(10)14(12)13-6-3-9-16-13/h1-2,4-5,13H,3,6-9H2. The van der Waals surface area contributed by atoms with Gasteiger partial charge >= 0.3 is 0 Å². The number of hydrogen-bond acceptors (Lipinski definition) is 2. The van der Waals surface area contributed by atoms with E-state index in [0.717, 1.165) is 31.6 Å². The molecule has 2 aliphatic heterocycles. The van der Waals surface area contributed by atoms with Crippen molar-refractivity contribution in [2.45, 2.75) is 31.9 Å². The van der Waals surface area contributed by atoms with Crippen molar-refractivity contribution in [3.05, 3.63) is 29.8 Å². The summed E-state index contributed by atoms with van der Waals surface area (Å²) in [5.74, 6) is 0.200. The predicted octanol–water partition coefficient (Wildman–Crippen LogP) is 2.10. The molecule has 3 rings (SSSR count). The lowest BCUT2D eigenvalue weighted by molar-refractivity contribution is -0.121. The number of nitrogens with zero attached hydrogens (tertiary/aromatic N) is 1. The third kappa shape index (κ3) is 1.52. The van der Waals surface area contributed by atoms with Crippen molar-refractivity contribution in [1.29, 1.82) is 0 Å². The molecule has 3 nitrogen and oxygen atoms in total. The monoisotopic (exact) mass is 217 g/mol. The molecule has 1 aromatic rings. The largest absolute Gasteiger partial charge is 0.358 e. The number of fused-ring (bicyclic) bond motifs is 1. The zero-order chi connectivity index (χ0) is 11.0. The van der Waals surface area contributed by atoms with Crippen molar-refractivity contribution >= 4 is 11.6 Å². The summed E-state index contributed by atoms with van der Waals surface area (Å²) in [4.78, 5) is 13.8. The quantitative estimate of drug-likeness (QED) is 0.721. The van der Waals surface area contributed by atoms with Crippen molar-refractivity contribution in [2.75, 3.05) is 11.5 Å². The Hall–Kier alpha value is -1.35. The zero-order valence-electron chi connectivity index (χ0n) is 9.19. The van der Waals surface area contributed by atoms with Crippen LogP contribution in [-0.2, 0) is 16.0 Å². The molecule has 0 aliphatic carbocycles. The number of anilines is 1. The number of carbonyl (C=O) groups excluding carboxylic acids is 1. The lowest BCUT2D eigenvalue weighted by Gasteiger charge is -2.33. The molecular weight excluding hydrogens is 202 g/mol. The molecule has 0 radical (unpaired) electrons. The number of ether oxygens (including phenoxy) is 1. The lowest BCUT2D eigenvalue weighted by atomic mass is 10.0. The van der Waals surface area contributed by atoms with Crippen molar-refractivity contribution in [1.82, 2.24) is 0 Å². The van der Waals surface area contributed by atoms with Crippen molar-refractivity contribution in [3.8, 4) is 0 Å². The number of aryl methyl sites for hydroxylation is 1. The van der Waals surface area contributed by atoms with Gasteiger partial charge in [0.25, 0.3) is 0 Å². The fourth-order valence-electron chi connectivity index (χ4n) is 2.53. The second-order valence-corrected chi connectivity index (χ2v) is 4.36. The van der Waals surface area contributed by atoms with Crippen LogP contribution in [0.4, 0.5) is 5.69 Å². The molecule has 0 aromatic heterocycles. The summed E-state index contributed by atoms with van der Waals surface area (Å²) in [5.41, 5.74) is 2.31. The second kappa shape index (κ2) is 3.91. The molecule has 0 N–H and O–H groups in total. The summed E-state index contributed by atoms with van der Waals surface area (Å²) in [6.07, 6.45) is 3.44. The normalized spacial score (nSPS) is 24.6. The van der Waals surface area contributed by atoms with Crippen molar-refractivity contribution < 1.29 is 9.53 Å². The van der Waals surface area contributed by atoms with Crippen LogP contribution in [0.25, 0.3) is 0 Å². The predicted molar refractivity (Wildman–Crippen MR) is 61.2 cm³/mol. The van der Waals surface area contributed by atoms with Gasteiger partial charge in [0.2, 0.25) is 5.91 Å². The van der Waals surface area contributed by atoms with Gasteiger partial charge in [0, 0.05) is 18.7 Å². The third-order valence-electron chi connectivity index (χ3n) is 3.32. The van der Waals surface area contributed by atoms with Crippen LogP contribution in [0.1, 0.15) is 24.8 Å². The number of hydrogen-bond donors (Lipinski definition) is 0. The molecule has 1 unspecified atom stereocenters. The van der Waals surface area contributed by atoms with Gasteiger partial charge in [0.1, 0.15) is 6.23 Å². The summed E-state index contributed by atoms with van der Waals surface area (Å²) in [6, 6.07) is 8.14. The molecule has 16 heavy (non-hydrogen) atoms. The van der Waals surface area contributed by atoms with Gasteiger partial charge in [0.05, 0.1) is 0 Å². The molecule has 1 fully saturated rings. The van der Waals surface area contributed by atoms with Crippen molar-refractivity contribution in [3.63, 3.8) is 0 Å². The highest BCUT2D eigenvalue weighted by molar-refractivity contribution is 5.96. The average Bonchev–Trinajstić information content (AvgIpc) is 2.82. The van der Waals surface area contributed by atoms with Gasteiger partial charge in [-0.25, -0.2) is 0 Å². The first kappa shape index (κ1) is 9.85. The molecule has 2 aliphatic rings. The van der Waals surface area contributed by atoms with Gasteiger partial charge < -0.3 is 4.74 Å². The maximum Gasteiger partial charge on any atom is 0.229 e. The number of rotatable bonds is 1. The van der Waals surface area contributed by atoms with Crippen LogP contribution in [0.2, 0.25) is 0 Å². The van der Waals surface area contributed by atoms with Crippen LogP contribution in [0.3, 0.4) is 0 Å². The van der Waals surface area contributed by atoms with Crippen LogP contribution < -0.4 is 4.90 Å². The molecule has 0 bridgehead atoms. The molecule has 1 atom stereocenters. The molecule has 1 amide bonds. The Morgan fingerprint density at radius 1 is 1.25 bits per heavy atom. The minimum Gasteiger partial charge on any atom is -0.358 e. The highest BCUT2D eigenvalue weighted by Crippen LogP contribution is 2.32. The first-order valence-electron chi connectivity index (χ1n) is 5.88. The zero-order valence-corrected chi connectivity index (χ0v) is 9.19. The first-order chi connectivity index (χ1) is 7.86. The van der Waals surface area contributed by atoms with E-state index < -0.39 is 0 Å². The Morgan fingerprint density at radius 2 is 2.12 bits per heavy atom. The van der Waals surface area contributed by atoms with E-state index in [1.807, 2.05) is 23.1 Å². The van der Waals surface area contributed by atoms with Gasteiger partial charge in [-0.1, -0.05) is 18.2 Å². The smallest absolute Gasteiger partial charge is 0.229 e. The fourth-order valence-corrected chi connectivity index (χ4v) is 2.53. The number of carbonyl (C=O) groups is 1. The van der Waals surface area contributed by atoms with E-state index in [0.29, 0.717) is 6.42 Å². The lowest BCUT2D eigenvalue weighted by Crippen LogP contribution is -2.42. The molecule has 1 aromatic carbocycles. The van der Waals surface area contributed by atoms with Gasteiger partial charge in [-0.2, -0.15) is 0 Å².